The van der Waals surface area contributed by atoms with Crippen molar-refractivity contribution in [3.8, 4) is 0 Å². The maximum Gasteiger partial charge on any atom is 0.390 e. The summed E-state index contributed by atoms with van der Waals surface area (Å²) < 4.78 is 36.2. The van der Waals surface area contributed by atoms with Crippen molar-refractivity contribution < 1.29 is 18.0 Å². The summed E-state index contributed by atoms with van der Waals surface area (Å²) in [7, 11) is 1.36. The third-order valence-corrected chi connectivity index (χ3v) is 2.71. The highest BCUT2D eigenvalue weighted by molar-refractivity contribution is 5.94. The van der Waals surface area contributed by atoms with Crippen LogP contribution >= 0.6 is 0 Å². The highest BCUT2D eigenvalue weighted by atomic mass is 19.4. The third-order valence-electron chi connectivity index (χ3n) is 2.71. The molecule has 0 saturated carbocycles. The Hall–Kier alpha value is -1.56. The van der Waals surface area contributed by atoms with Gasteiger partial charge in [0.1, 0.15) is 0 Å². The van der Waals surface area contributed by atoms with E-state index in [1.54, 1.807) is 24.3 Å². The predicted octanol–water partition coefficient (Wildman–Crippen LogP) is 2.21. The van der Waals surface area contributed by atoms with E-state index in [-0.39, 0.29) is 6.54 Å². The zero-order valence-electron chi connectivity index (χ0n) is 10.7. The van der Waals surface area contributed by atoms with Gasteiger partial charge in [0.25, 0.3) is 5.91 Å². The van der Waals surface area contributed by atoms with Crippen LogP contribution in [0, 0.1) is 0 Å². The van der Waals surface area contributed by atoms with Gasteiger partial charge in [-0.3, -0.25) is 4.79 Å². The molecule has 0 radical (unpaired) electrons. The van der Waals surface area contributed by atoms with Crippen molar-refractivity contribution in [1.82, 2.24) is 4.90 Å². The van der Waals surface area contributed by atoms with E-state index in [0.29, 0.717) is 18.5 Å². The summed E-state index contributed by atoms with van der Waals surface area (Å²) in [4.78, 5) is 12.9. The van der Waals surface area contributed by atoms with Crippen molar-refractivity contribution in [3.05, 3.63) is 35.4 Å². The molecule has 1 aromatic rings. The molecule has 0 fully saturated rings. The summed E-state index contributed by atoms with van der Waals surface area (Å²) in [5, 5.41) is 0. The maximum atomic E-state index is 12.1. The lowest BCUT2D eigenvalue weighted by Crippen LogP contribution is -2.30. The minimum absolute atomic E-state index is 0.340. The van der Waals surface area contributed by atoms with E-state index in [1.165, 1.54) is 7.05 Å². The summed E-state index contributed by atoms with van der Waals surface area (Å²) in [6.07, 6.45) is -4.54. The fourth-order valence-electron chi connectivity index (χ4n) is 1.60. The number of hydrogen-bond acceptors (Lipinski definition) is 2. The fraction of sp³-hybridized carbons (Fsp3) is 0.462. The van der Waals surface area contributed by atoms with Crippen LogP contribution in [0.25, 0.3) is 0 Å². The van der Waals surface area contributed by atoms with Crippen LogP contribution in [-0.4, -0.2) is 37.1 Å². The number of benzene rings is 1. The maximum absolute atomic E-state index is 12.1. The van der Waals surface area contributed by atoms with E-state index in [9.17, 15) is 18.0 Å². The lowest BCUT2D eigenvalue weighted by Gasteiger charge is -2.18. The van der Waals surface area contributed by atoms with Crippen LogP contribution in [0.2, 0.25) is 0 Å². The van der Waals surface area contributed by atoms with Crippen LogP contribution in [0.5, 0.6) is 0 Å². The molecule has 3 nitrogen and oxygen atoms in total. The number of rotatable bonds is 5. The van der Waals surface area contributed by atoms with Crippen LogP contribution in [-0.2, 0) is 6.42 Å². The molecule has 19 heavy (non-hydrogen) atoms. The van der Waals surface area contributed by atoms with Gasteiger partial charge in [0, 0.05) is 19.2 Å². The largest absolute Gasteiger partial charge is 0.390 e. The molecule has 0 aliphatic heterocycles. The van der Waals surface area contributed by atoms with Gasteiger partial charge in [-0.2, -0.15) is 13.2 Å². The lowest BCUT2D eigenvalue weighted by atomic mass is 10.1. The van der Waals surface area contributed by atoms with Crippen LogP contribution in [0.15, 0.2) is 24.3 Å². The van der Waals surface area contributed by atoms with Gasteiger partial charge in [-0.05, 0) is 30.7 Å². The van der Waals surface area contributed by atoms with Crippen molar-refractivity contribution in [2.75, 3.05) is 20.1 Å². The molecular formula is C13H17F3N2O. The first kappa shape index (κ1) is 15.5. The SMILES string of the molecule is CN(CCC(F)(F)F)C(=O)c1ccc(CCN)cc1. The number of hydrogen-bond donors (Lipinski definition) is 1. The molecule has 1 aromatic carbocycles. The van der Waals surface area contributed by atoms with Crippen molar-refractivity contribution >= 4 is 5.91 Å². The van der Waals surface area contributed by atoms with Crippen molar-refractivity contribution in [2.24, 2.45) is 5.73 Å². The van der Waals surface area contributed by atoms with Gasteiger partial charge >= 0.3 is 6.18 Å². The molecule has 1 rings (SSSR count). The number of nitrogens with two attached hydrogens (primary N) is 1. The number of carbonyl (C=O) groups excluding carboxylic acids is 1. The second kappa shape index (κ2) is 6.56. The third kappa shape index (κ3) is 5.30. The van der Waals surface area contributed by atoms with Gasteiger partial charge in [-0.25, -0.2) is 0 Å². The molecule has 0 atom stereocenters. The Labute approximate surface area is 110 Å². The summed E-state index contributed by atoms with van der Waals surface area (Å²) in [6.45, 7) is 0.172. The van der Waals surface area contributed by atoms with Gasteiger partial charge < -0.3 is 10.6 Å². The second-order valence-electron chi connectivity index (χ2n) is 4.33. The van der Waals surface area contributed by atoms with E-state index in [1.807, 2.05) is 0 Å². The number of amides is 1. The molecule has 0 unspecified atom stereocenters. The summed E-state index contributed by atoms with van der Waals surface area (Å²) >= 11 is 0. The van der Waals surface area contributed by atoms with Gasteiger partial charge in [-0.1, -0.05) is 12.1 Å². The zero-order valence-corrected chi connectivity index (χ0v) is 10.7. The van der Waals surface area contributed by atoms with Crippen molar-refractivity contribution in [3.63, 3.8) is 0 Å². The van der Waals surface area contributed by atoms with E-state index in [0.717, 1.165) is 10.5 Å². The van der Waals surface area contributed by atoms with Crippen LogP contribution in [0.4, 0.5) is 13.2 Å². The average Bonchev–Trinajstić information content (AvgIpc) is 2.35. The topological polar surface area (TPSA) is 46.3 Å². The highest BCUT2D eigenvalue weighted by Crippen LogP contribution is 2.20. The average molecular weight is 274 g/mol. The van der Waals surface area contributed by atoms with Crippen molar-refractivity contribution in [2.45, 2.75) is 19.0 Å². The Kier molecular flexibility index (Phi) is 5.35. The van der Waals surface area contributed by atoms with E-state index in [4.69, 9.17) is 5.73 Å². The highest BCUT2D eigenvalue weighted by Gasteiger charge is 2.28. The molecule has 2 N–H and O–H groups in total. The normalized spacial score (nSPS) is 11.4. The summed E-state index contributed by atoms with van der Waals surface area (Å²) in [6, 6.07) is 6.74. The monoisotopic (exact) mass is 274 g/mol. The Bertz CT molecular complexity index is 415. The first-order valence-electron chi connectivity index (χ1n) is 5.94. The molecule has 1 amide bonds. The van der Waals surface area contributed by atoms with Gasteiger partial charge in [0.15, 0.2) is 0 Å². The molecule has 6 heteroatoms. The minimum atomic E-state index is -4.25. The quantitative estimate of drug-likeness (QED) is 0.894. The van der Waals surface area contributed by atoms with Gasteiger partial charge in [-0.15, -0.1) is 0 Å². The Morgan fingerprint density at radius 2 is 1.84 bits per heavy atom. The molecule has 0 saturated heterocycles. The van der Waals surface area contributed by atoms with Crippen LogP contribution in [0.3, 0.4) is 0 Å². The van der Waals surface area contributed by atoms with E-state index in [2.05, 4.69) is 0 Å². The summed E-state index contributed by atoms with van der Waals surface area (Å²) in [5.74, 6) is -0.413. The number of halogens is 3. The Morgan fingerprint density at radius 3 is 2.32 bits per heavy atom. The summed E-state index contributed by atoms with van der Waals surface area (Å²) in [5.41, 5.74) is 6.78. The Morgan fingerprint density at radius 1 is 1.26 bits per heavy atom. The minimum Gasteiger partial charge on any atom is -0.341 e. The molecule has 0 aliphatic carbocycles. The Balaban J connectivity index is 2.61. The lowest BCUT2D eigenvalue weighted by molar-refractivity contribution is -0.136. The number of alkyl halides is 3. The van der Waals surface area contributed by atoms with E-state index < -0.39 is 18.5 Å². The molecule has 0 heterocycles. The number of carbonyl (C=O) groups is 1. The molecule has 0 aliphatic rings. The molecule has 0 aromatic heterocycles. The fourth-order valence-corrected chi connectivity index (χ4v) is 1.60. The molecule has 106 valence electrons. The number of nitrogens with zero attached hydrogens (tertiary/aromatic N) is 1. The van der Waals surface area contributed by atoms with Crippen LogP contribution in [0.1, 0.15) is 22.3 Å². The molecule has 0 bridgehead atoms. The van der Waals surface area contributed by atoms with Gasteiger partial charge in [0.2, 0.25) is 0 Å². The standard InChI is InChI=1S/C13H17F3N2O/c1-18(9-7-13(14,15)16)12(19)11-4-2-10(3-5-11)6-8-17/h2-5H,6-9,17H2,1H3. The first-order chi connectivity index (χ1) is 8.83. The molecular weight excluding hydrogens is 257 g/mol. The second-order valence-corrected chi connectivity index (χ2v) is 4.33. The predicted molar refractivity (Wildman–Crippen MR) is 66.8 cm³/mol. The van der Waals surface area contributed by atoms with Gasteiger partial charge in [0.05, 0.1) is 6.42 Å². The van der Waals surface area contributed by atoms with Crippen LogP contribution < -0.4 is 5.73 Å². The first-order valence-corrected chi connectivity index (χ1v) is 5.94. The molecule has 0 spiro atoms. The zero-order chi connectivity index (χ0) is 14.5. The van der Waals surface area contributed by atoms with E-state index >= 15 is 0 Å². The smallest absolute Gasteiger partial charge is 0.341 e. The van der Waals surface area contributed by atoms with Crippen molar-refractivity contribution in [1.29, 1.82) is 0 Å².